The molecule has 3 heterocycles. The lowest BCUT2D eigenvalue weighted by molar-refractivity contribution is 0.309. The Balaban J connectivity index is 1.76. The fourth-order valence-electron chi connectivity index (χ4n) is 3.79. The molecule has 0 fully saturated rings. The first kappa shape index (κ1) is 15.3. The molecule has 0 radical (unpaired) electrons. The van der Waals surface area contributed by atoms with Gasteiger partial charge >= 0.3 is 0 Å². The van der Waals surface area contributed by atoms with Crippen molar-refractivity contribution >= 4 is 10.9 Å². The van der Waals surface area contributed by atoms with E-state index in [2.05, 4.69) is 46.6 Å². The van der Waals surface area contributed by atoms with E-state index in [9.17, 15) is 4.39 Å². The van der Waals surface area contributed by atoms with Gasteiger partial charge in [-0.1, -0.05) is 11.6 Å². The van der Waals surface area contributed by atoms with E-state index in [-0.39, 0.29) is 5.82 Å². The van der Waals surface area contributed by atoms with Gasteiger partial charge in [0.1, 0.15) is 5.82 Å². The van der Waals surface area contributed by atoms with E-state index in [1.165, 1.54) is 33.9 Å². The third-order valence-corrected chi connectivity index (χ3v) is 5.06. The summed E-state index contributed by atoms with van der Waals surface area (Å²) in [6.45, 7) is 5.01. The lowest BCUT2D eigenvalue weighted by Crippen LogP contribution is -2.27. The molecule has 1 aliphatic rings. The van der Waals surface area contributed by atoms with Crippen LogP contribution in [0, 0.1) is 12.7 Å². The molecule has 0 atom stereocenters. The van der Waals surface area contributed by atoms with Crippen LogP contribution < -0.4 is 0 Å². The fraction of sp³-hybridized carbons (Fsp3) is 0.350. The van der Waals surface area contributed by atoms with Gasteiger partial charge in [0, 0.05) is 48.8 Å². The minimum atomic E-state index is -0.210. The van der Waals surface area contributed by atoms with Gasteiger partial charge in [-0.25, -0.2) is 4.39 Å². The normalized spacial score (nSPS) is 15.0. The van der Waals surface area contributed by atoms with Crippen molar-refractivity contribution in [2.75, 3.05) is 13.6 Å². The van der Waals surface area contributed by atoms with E-state index in [1.807, 2.05) is 0 Å². The van der Waals surface area contributed by atoms with Crippen molar-refractivity contribution < 1.29 is 4.39 Å². The molecular formula is C20H22FN3. The zero-order valence-electron chi connectivity index (χ0n) is 14.2. The van der Waals surface area contributed by atoms with Crippen LogP contribution in [0.4, 0.5) is 4.39 Å². The van der Waals surface area contributed by atoms with Gasteiger partial charge in [0.05, 0.1) is 6.20 Å². The summed E-state index contributed by atoms with van der Waals surface area (Å²) in [5.74, 6) is -0.210. The Bertz CT molecular complexity index is 897. The van der Waals surface area contributed by atoms with Crippen molar-refractivity contribution in [3.63, 3.8) is 0 Å². The van der Waals surface area contributed by atoms with Crippen molar-refractivity contribution in [2.24, 2.45) is 0 Å². The van der Waals surface area contributed by atoms with E-state index < -0.39 is 0 Å². The molecule has 0 N–H and O–H groups in total. The van der Waals surface area contributed by atoms with Gasteiger partial charge in [-0.3, -0.25) is 4.98 Å². The lowest BCUT2D eigenvalue weighted by atomic mass is 10.0. The number of likely N-dealkylation sites (N-methyl/N-ethyl adjacent to an activating group) is 1. The summed E-state index contributed by atoms with van der Waals surface area (Å²) in [7, 11) is 2.17. The topological polar surface area (TPSA) is 21.1 Å². The summed E-state index contributed by atoms with van der Waals surface area (Å²) in [6.07, 6.45) is 4.71. The zero-order valence-corrected chi connectivity index (χ0v) is 14.2. The summed E-state index contributed by atoms with van der Waals surface area (Å²) in [5, 5.41) is 1.35. The minimum absolute atomic E-state index is 0.210. The van der Waals surface area contributed by atoms with E-state index >= 15 is 0 Å². The van der Waals surface area contributed by atoms with Gasteiger partial charge in [0.25, 0.3) is 0 Å². The number of halogens is 1. The van der Waals surface area contributed by atoms with Crippen LogP contribution in [0.25, 0.3) is 10.9 Å². The van der Waals surface area contributed by atoms with Gasteiger partial charge < -0.3 is 9.47 Å². The first-order valence-corrected chi connectivity index (χ1v) is 8.51. The Kier molecular flexibility index (Phi) is 3.85. The number of hydrogen-bond acceptors (Lipinski definition) is 2. The number of benzene rings is 1. The second-order valence-electron chi connectivity index (χ2n) is 6.80. The van der Waals surface area contributed by atoms with Crippen molar-refractivity contribution in [3.8, 4) is 0 Å². The molecular weight excluding hydrogens is 301 g/mol. The molecule has 0 spiro atoms. The van der Waals surface area contributed by atoms with Gasteiger partial charge in [-0.15, -0.1) is 0 Å². The van der Waals surface area contributed by atoms with E-state index in [0.717, 1.165) is 31.6 Å². The maximum absolute atomic E-state index is 13.9. The number of nitrogens with zero attached hydrogens (tertiary/aromatic N) is 3. The van der Waals surface area contributed by atoms with Crippen LogP contribution >= 0.6 is 0 Å². The molecule has 0 unspecified atom stereocenters. The average molecular weight is 323 g/mol. The van der Waals surface area contributed by atoms with Gasteiger partial charge in [0.15, 0.2) is 0 Å². The highest BCUT2D eigenvalue weighted by atomic mass is 19.1. The molecule has 0 saturated heterocycles. The summed E-state index contributed by atoms with van der Waals surface area (Å²) < 4.78 is 16.3. The van der Waals surface area contributed by atoms with Crippen LogP contribution in [-0.4, -0.2) is 28.0 Å². The second-order valence-corrected chi connectivity index (χ2v) is 6.80. The Morgan fingerprint density at radius 1 is 1.25 bits per heavy atom. The zero-order chi connectivity index (χ0) is 16.7. The first-order valence-electron chi connectivity index (χ1n) is 8.51. The molecule has 0 bridgehead atoms. The molecule has 4 heteroatoms. The van der Waals surface area contributed by atoms with Gasteiger partial charge in [-0.2, -0.15) is 0 Å². The highest BCUT2D eigenvalue weighted by Crippen LogP contribution is 2.31. The third-order valence-electron chi connectivity index (χ3n) is 5.06. The maximum atomic E-state index is 13.9. The quantitative estimate of drug-likeness (QED) is 0.732. The van der Waals surface area contributed by atoms with E-state index in [4.69, 9.17) is 0 Å². The molecule has 0 saturated carbocycles. The molecule has 0 aliphatic carbocycles. The Morgan fingerprint density at radius 2 is 2.12 bits per heavy atom. The highest BCUT2D eigenvalue weighted by molar-refractivity contribution is 5.86. The average Bonchev–Trinajstić information content (AvgIpc) is 2.87. The van der Waals surface area contributed by atoms with E-state index in [1.54, 1.807) is 12.3 Å². The van der Waals surface area contributed by atoms with E-state index in [0.29, 0.717) is 6.42 Å². The van der Waals surface area contributed by atoms with Crippen molar-refractivity contribution in [2.45, 2.75) is 32.9 Å². The van der Waals surface area contributed by atoms with Crippen LogP contribution in [-0.2, 0) is 25.9 Å². The molecule has 3 nitrogen and oxygen atoms in total. The predicted octanol–water partition coefficient (Wildman–Crippen LogP) is 3.71. The summed E-state index contributed by atoms with van der Waals surface area (Å²) in [4.78, 5) is 6.21. The largest absolute Gasteiger partial charge is 0.344 e. The van der Waals surface area contributed by atoms with Gasteiger partial charge in [0.2, 0.25) is 0 Å². The number of fused-ring (bicyclic) bond motifs is 3. The third kappa shape index (κ3) is 2.61. The number of aryl methyl sites for hydroxylation is 3. The Morgan fingerprint density at radius 3 is 2.96 bits per heavy atom. The fourth-order valence-corrected chi connectivity index (χ4v) is 3.79. The molecule has 3 aromatic rings. The lowest BCUT2D eigenvalue weighted by Gasteiger charge is -2.24. The first-order chi connectivity index (χ1) is 11.6. The predicted molar refractivity (Wildman–Crippen MR) is 94.6 cm³/mol. The maximum Gasteiger partial charge on any atom is 0.144 e. The minimum Gasteiger partial charge on any atom is -0.344 e. The number of aromatic nitrogens is 2. The summed E-state index contributed by atoms with van der Waals surface area (Å²) in [6, 6.07) is 8.45. The van der Waals surface area contributed by atoms with Gasteiger partial charge in [-0.05, 0) is 49.7 Å². The second kappa shape index (κ2) is 6.02. The van der Waals surface area contributed by atoms with Crippen molar-refractivity contribution in [1.82, 2.24) is 14.5 Å². The van der Waals surface area contributed by atoms with Crippen LogP contribution in [0.2, 0.25) is 0 Å². The molecule has 4 rings (SSSR count). The number of pyridine rings is 1. The van der Waals surface area contributed by atoms with Crippen LogP contribution in [0.3, 0.4) is 0 Å². The number of rotatable bonds is 3. The molecule has 2 aromatic heterocycles. The SMILES string of the molecule is Cc1ccc2c(c1)c1c(n2CCc2ccncc2F)CCN(C)C1. The summed E-state index contributed by atoms with van der Waals surface area (Å²) >= 11 is 0. The van der Waals surface area contributed by atoms with Crippen molar-refractivity contribution in [3.05, 3.63) is 64.9 Å². The Labute approximate surface area is 141 Å². The van der Waals surface area contributed by atoms with Crippen LogP contribution in [0.5, 0.6) is 0 Å². The van der Waals surface area contributed by atoms with Crippen LogP contribution in [0.15, 0.2) is 36.7 Å². The molecule has 124 valence electrons. The van der Waals surface area contributed by atoms with Crippen molar-refractivity contribution in [1.29, 1.82) is 0 Å². The summed E-state index contributed by atoms with van der Waals surface area (Å²) in [5.41, 5.74) is 6.16. The monoisotopic (exact) mass is 323 g/mol. The highest BCUT2D eigenvalue weighted by Gasteiger charge is 2.22. The van der Waals surface area contributed by atoms with Crippen LogP contribution in [0.1, 0.15) is 22.4 Å². The molecule has 1 aromatic carbocycles. The number of hydrogen-bond donors (Lipinski definition) is 0. The standard InChI is InChI=1S/C20H22FN3/c1-14-3-4-19-16(11-14)17-13-23(2)9-7-20(17)24(19)10-6-15-5-8-22-12-18(15)21/h3-5,8,11-12H,6-7,9-10,13H2,1-2H3. The molecule has 24 heavy (non-hydrogen) atoms. The molecule has 1 aliphatic heterocycles. The molecule has 0 amide bonds. The Hall–Kier alpha value is -2.20. The smallest absolute Gasteiger partial charge is 0.144 e.